The summed E-state index contributed by atoms with van der Waals surface area (Å²) in [5.41, 5.74) is 0.333. The quantitative estimate of drug-likeness (QED) is 0.580. The highest BCUT2D eigenvalue weighted by molar-refractivity contribution is 5.78. The monoisotopic (exact) mass is 223 g/mol. The number of imidazole rings is 1. The largest absolute Gasteiger partial charge is 0.326 e. The molecule has 0 bridgehead atoms. The fraction of sp³-hybridized carbons (Fsp3) is 0.300. The highest BCUT2D eigenvalue weighted by Crippen LogP contribution is 2.25. The maximum Gasteiger partial charge on any atom is 0.274 e. The molecule has 0 N–H and O–H groups in total. The molecule has 0 amide bonds. The number of nitrogens with zero attached hydrogens (tertiary/aromatic N) is 3. The third-order valence-electron chi connectivity index (χ3n) is 2.37. The Hall–Kier alpha value is -1.98. The average molecular weight is 223 g/mol. The van der Waals surface area contributed by atoms with Gasteiger partial charge < -0.3 is 4.57 Å². The molecule has 0 atom stereocenters. The van der Waals surface area contributed by atoms with Gasteiger partial charge in [-0.25, -0.2) is 9.37 Å². The molecular weight excluding hydrogens is 213 g/mol. The van der Waals surface area contributed by atoms with Gasteiger partial charge in [-0.05, 0) is 13.8 Å². The Kier molecular flexibility index (Phi) is 2.34. The minimum atomic E-state index is -0.628. The van der Waals surface area contributed by atoms with E-state index in [4.69, 9.17) is 0 Å². The van der Waals surface area contributed by atoms with Crippen LogP contribution in [0.4, 0.5) is 10.1 Å². The summed E-state index contributed by atoms with van der Waals surface area (Å²) in [6, 6.07) is 2.25. The molecule has 0 aliphatic heterocycles. The van der Waals surface area contributed by atoms with Gasteiger partial charge in [0.1, 0.15) is 5.52 Å². The molecule has 2 aromatic rings. The molecule has 1 aromatic heterocycles. The molecule has 0 fully saturated rings. The van der Waals surface area contributed by atoms with Crippen molar-refractivity contribution >= 4 is 16.7 Å². The van der Waals surface area contributed by atoms with Gasteiger partial charge in [0.25, 0.3) is 5.69 Å². The summed E-state index contributed by atoms with van der Waals surface area (Å²) < 4.78 is 15.3. The molecular formula is C10H10FN3O2. The van der Waals surface area contributed by atoms with E-state index >= 15 is 0 Å². The summed E-state index contributed by atoms with van der Waals surface area (Å²) in [6.07, 6.45) is 1.49. The van der Waals surface area contributed by atoms with E-state index in [1.165, 1.54) is 12.4 Å². The zero-order chi connectivity index (χ0) is 11.9. The number of non-ortho nitro benzene ring substituents is 1. The van der Waals surface area contributed by atoms with Gasteiger partial charge in [-0.15, -0.1) is 0 Å². The second-order valence-corrected chi connectivity index (χ2v) is 3.80. The molecule has 2 rings (SSSR count). The summed E-state index contributed by atoms with van der Waals surface area (Å²) in [5, 5.41) is 10.5. The van der Waals surface area contributed by atoms with Crippen LogP contribution in [0.1, 0.15) is 19.9 Å². The van der Waals surface area contributed by atoms with Crippen LogP contribution in [0.2, 0.25) is 0 Å². The van der Waals surface area contributed by atoms with Crippen molar-refractivity contribution in [2.75, 3.05) is 0 Å². The van der Waals surface area contributed by atoms with Crippen molar-refractivity contribution in [1.82, 2.24) is 9.55 Å². The SMILES string of the molecule is CC(C)n1cnc2cc([N+](=O)[O-])cc(F)c21. The molecule has 0 saturated carbocycles. The Morgan fingerprint density at radius 1 is 1.50 bits per heavy atom. The Morgan fingerprint density at radius 3 is 2.75 bits per heavy atom. The van der Waals surface area contributed by atoms with Crippen molar-refractivity contribution in [2.24, 2.45) is 0 Å². The molecule has 0 saturated heterocycles. The number of benzene rings is 1. The van der Waals surface area contributed by atoms with E-state index in [-0.39, 0.29) is 11.7 Å². The predicted octanol–water partition coefficient (Wildman–Crippen LogP) is 2.66. The smallest absolute Gasteiger partial charge is 0.274 e. The second-order valence-electron chi connectivity index (χ2n) is 3.80. The number of hydrogen-bond acceptors (Lipinski definition) is 3. The minimum Gasteiger partial charge on any atom is -0.326 e. The van der Waals surface area contributed by atoms with Gasteiger partial charge in [0.2, 0.25) is 0 Å². The van der Waals surface area contributed by atoms with Gasteiger partial charge in [-0.3, -0.25) is 10.1 Å². The fourth-order valence-electron chi connectivity index (χ4n) is 1.60. The molecule has 0 radical (unpaired) electrons. The van der Waals surface area contributed by atoms with Gasteiger partial charge in [0, 0.05) is 12.1 Å². The molecule has 6 heteroatoms. The van der Waals surface area contributed by atoms with Crippen molar-refractivity contribution in [3.05, 3.63) is 34.4 Å². The lowest BCUT2D eigenvalue weighted by Crippen LogP contribution is -2.00. The number of rotatable bonds is 2. The maximum absolute atomic E-state index is 13.7. The van der Waals surface area contributed by atoms with Crippen molar-refractivity contribution in [3.63, 3.8) is 0 Å². The molecule has 0 aliphatic rings. The standard InChI is InChI=1S/C10H10FN3O2/c1-6(2)13-5-12-9-4-7(14(15)16)3-8(11)10(9)13/h3-6H,1-2H3. The summed E-state index contributed by atoms with van der Waals surface area (Å²) in [4.78, 5) is 13.9. The van der Waals surface area contributed by atoms with Crippen LogP contribution in [-0.2, 0) is 0 Å². The van der Waals surface area contributed by atoms with Gasteiger partial charge >= 0.3 is 0 Å². The summed E-state index contributed by atoms with van der Waals surface area (Å²) >= 11 is 0. The van der Waals surface area contributed by atoms with Gasteiger partial charge in [0.15, 0.2) is 5.82 Å². The zero-order valence-corrected chi connectivity index (χ0v) is 8.85. The second kappa shape index (κ2) is 3.55. The van der Waals surface area contributed by atoms with Crippen LogP contribution in [0.5, 0.6) is 0 Å². The van der Waals surface area contributed by atoms with E-state index in [1.54, 1.807) is 4.57 Å². The van der Waals surface area contributed by atoms with Crippen molar-refractivity contribution in [1.29, 1.82) is 0 Å². The number of nitro groups is 1. The number of aromatic nitrogens is 2. The first-order chi connectivity index (χ1) is 7.50. The van der Waals surface area contributed by atoms with Crippen LogP contribution < -0.4 is 0 Å². The lowest BCUT2D eigenvalue weighted by molar-refractivity contribution is -0.384. The van der Waals surface area contributed by atoms with E-state index in [0.717, 1.165) is 6.07 Å². The third kappa shape index (κ3) is 1.52. The van der Waals surface area contributed by atoms with Gasteiger partial charge in [0.05, 0.1) is 22.8 Å². The van der Waals surface area contributed by atoms with Crippen LogP contribution in [0.25, 0.3) is 11.0 Å². The first-order valence-corrected chi connectivity index (χ1v) is 4.81. The summed E-state index contributed by atoms with van der Waals surface area (Å²) in [6.45, 7) is 3.78. The van der Waals surface area contributed by atoms with Crippen LogP contribution in [-0.4, -0.2) is 14.5 Å². The molecule has 1 aromatic carbocycles. The number of hydrogen-bond donors (Lipinski definition) is 0. The molecule has 0 spiro atoms. The van der Waals surface area contributed by atoms with Crippen molar-refractivity contribution in [3.8, 4) is 0 Å². The minimum absolute atomic E-state index is 0.0564. The molecule has 1 heterocycles. The lowest BCUT2D eigenvalue weighted by Gasteiger charge is -2.07. The van der Waals surface area contributed by atoms with E-state index in [9.17, 15) is 14.5 Å². The summed E-state index contributed by atoms with van der Waals surface area (Å²) in [5.74, 6) is -0.615. The molecule has 16 heavy (non-hydrogen) atoms. The number of halogens is 1. The molecule has 0 aliphatic carbocycles. The molecule has 5 nitrogen and oxygen atoms in total. The Balaban J connectivity index is 2.73. The number of nitro benzene ring substituents is 1. The molecule has 84 valence electrons. The van der Waals surface area contributed by atoms with Crippen molar-refractivity contribution < 1.29 is 9.31 Å². The van der Waals surface area contributed by atoms with E-state index < -0.39 is 10.7 Å². The zero-order valence-electron chi connectivity index (χ0n) is 8.85. The van der Waals surface area contributed by atoms with Crippen LogP contribution in [0.3, 0.4) is 0 Å². The Bertz CT molecular complexity index is 562. The topological polar surface area (TPSA) is 61.0 Å². The van der Waals surface area contributed by atoms with Crippen LogP contribution in [0.15, 0.2) is 18.5 Å². The van der Waals surface area contributed by atoms with Crippen LogP contribution in [0, 0.1) is 15.9 Å². The normalized spacial score (nSPS) is 11.2. The van der Waals surface area contributed by atoms with Gasteiger partial charge in [-0.1, -0.05) is 0 Å². The Morgan fingerprint density at radius 2 is 2.19 bits per heavy atom. The van der Waals surface area contributed by atoms with Crippen molar-refractivity contribution in [2.45, 2.75) is 19.9 Å². The lowest BCUT2D eigenvalue weighted by atomic mass is 10.2. The Labute approximate surface area is 90.7 Å². The predicted molar refractivity (Wildman–Crippen MR) is 56.7 cm³/mol. The van der Waals surface area contributed by atoms with E-state index in [0.29, 0.717) is 11.0 Å². The maximum atomic E-state index is 13.7. The number of fused-ring (bicyclic) bond motifs is 1. The third-order valence-corrected chi connectivity index (χ3v) is 2.37. The average Bonchev–Trinajstić information content (AvgIpc) is 2.61. The van der Waals surface area contributed by atoms with Crippen LogP contribution >= 0.6 is 0 Å². The molecule has 0 unspecified atom stereocenters. The summed E-state index contributed by atoms with van der Waals surface area (Å²) in [7, 11) is 0. The first-order valence-electron chi connectivity index (χ1n) is 4.81. The van der Waals surface area contributed by atoms with E-state index in [1.807, 2.05) is 13.8 Å². The van der Waals surface area contributed by atoms with Gasteiger partial charge in [-0.2, -0.15) is 0 Å². The first kappa shape index (κ1) is 10.5. The highest BCUT2D eigenvalue weighted by Gasteiger charge is 2.16. The highest BCUT2D eigenvalue weighted by atomic mass is 19.1. The fourth-order valence-corrected chi connectivity index (χ4v) is 1.60. The van der Waals surface area contributed by atoms with E-state index in [2.05, 4.69) is 4.98 Å².